The van der Waals surface area contributed by atoms with Crippen LogP contribution in [0.15, 0.2) is 47.4 Å². The summed E-state index contributed by atoms with van der Waals surface area (Å²) < 4.78 is 1.60. The zero-order valence-corrected chi connectivity index (χ0v) is 15.3. The highest BCUT2D eigenvalue weighted by atomic mass is 16.1. The van der Waals surface area contributed by atoms with Crippen LogP contribution >= 0.6 is 0 Å². The lowest BCUT2D eigenvalue weighted by atomic mass is 10.0. The maximum atomic E-state index is 12.4. The van der Waals surface area contributed by atoms with Gasteiger partial charge in [-0.2, -0.15) is 5.10 Å². The van der Waals surface area contributed by atoms with Gasteiger partial charge in [-0.05, 0) is 38.4 Å². The van der Waals surface area contributed by atoms with Crippen molar-refractivity contribution < 1.29 is 0 Å². The molecule has 25 heavy (non-hydrogen) atoms. The van der Waals surface area contributed by atoms with Crippen molar-refractivity contribution in [2.24, 2.45) is 0 Å². The number of aromatic nitrogens is 2. The summed E-state index contributed by atoms with van der Waals surface area (Å²) in [5, 5.41) is 4.39. The maximum absolute atomic E-state index is 12.4. The molecule has 3 rings (SSSR count). The van der Waals surface area contributed by atoms with Crippen LogP contribution in [0.1, 0.15) is 31.2 Å². The van der Waals surface area contributed by atoms with E-state index >= 15 is 0 Å². The predicted molar refractivity (Wildman–Crippen MR) is 102 cm³/mol. The van der Waals surface area contributed by atoms with Gasteiger partial charge < -0.3 is 9.80 Å². The zero-order chi connectivity index (χ0) is 17.6. The molecule has 0 saturated carbocycles. The fourth-order valence-corrected chi connectivity index (χ4v) is 3.53. The molecule has 1 atom stereocenters. The first kappa shape index (κ1) is 17.7. The Morgan fingerprint density at radius 1 is 1.24 bits per heavy atom. The molecule has 2 aromatic rings. The van der Waals surface area contributed by atoms with Crippen LogP contribution in [0.5, 0.6) is 0 Å². The normalized spacial score (nSPS) is 18.2. The molecule has 1 fully saturated rings. The van der Waals surface area contributed by atoms with Gasteiger partial charge in [0, 0.05) is 32.2 Å². The number of hydrogen-bond donors (Lipinski definition) is 0. The van der Waals surface area contributed by atoms with Gasteiger partial charge in [-0.1, -0.05) is 36.8 Å². The number of benzene rings is 1. The largest absolute Gasteiger partial charge is 0.369 e. The van der Waals surface area contributed by atoms with E-state index in [1.165, 1.54) is 24.8 Å². The number of likely N-dealkylation sites (tertiary alicyclic amines) is 1. The highest BCUT2D eigenvalue weighted by molar-refractivity contribution is 5.42. The van der Waals surface area contributed by atoms with E-state index in [9.17, 15) is 4.79 Å². The van der Waals surface area contributed by atoms with Gasteiger partial charge in [0.05, 0.1) is 11.9 Å². The summed E-state index contributed by atoms with van der Waals surface area (Å²) in [5.41, 5.74) is 2.06. The van der Waals surface area contributed by atoms with Crippen molar-refractivity contribution >= 4 is 5.69 Å². The summed E-state index contributed by atoms with van der Waals surface area (Å²) in [6.07, 6.45) is 6.59. The molecule has 1 aliphatic heterocycles. The number of anilines is 1. The van der Waals surface area contributed by atoms with Gasteiger partial charge in [-0.25, -0.2) is 4.68 Å². The number of nitrogens with zero attached hydrogens (tertiary/aromatic N) is 4. The second-order valence-electron chi connectivity index (χ2n) is 7.04. The minimum Gasteiger partial charge on any atom is -0.369 e. The average molecular weight is 340 g/mol. The van der Waals surface area contributed by atoms with Crippen molar-refractivity contribution in [1.82, 2.24) is 14.7 Å². The zero-order valence-electron chi connectivity index (χ0n) is 15.3. The molecule has 2 heterocycles. The van der Waals surface area contributed by atoms with E-state index in [4.69, 9.17) is 0 Å². The van der Waals surface area contributed by atoms with Gasteiger partial charge in [-0.3, -0.25) is 4.79 Å². The Hall–Kier alpha value is -2.14. The van der Waals surface area contributed by atoms with Gasteiger partial charge in [-0.15, -0.1) is 0 Å². The first-order valence-corrected chi connectivity index (χ1v) is 9.16. The SMILES string of the molecule is CN(Cc1ccccc1)c1cnn(CCC2CCCCN2C)c(=O)c1. The Bertz CT molecular complexity index is 728. The molecular formula is C20H28N4O. The van der Waals surface area contributed by atoms with Crippen molar-refractivity contribution in [2.45, 2.75) is 44.8 Å². The molecule has 1 aromatic carbocycles. The van der Waals surface area contributed by atoms with Crippen LogP contribution in [0.3, 0.4) is 0 Å². The highest BCUT2D eigenvalue weighted by Crippen LogP contribution is 2.18. The number of hydrogen-bond acceptors (Lipinski definition) is 4. The molecule has 1 aliphatic rings. The molecule has 0 amide bonds. The third-order valence-corrected chi connectivity index (χ3v) is 5.15. The fourth-order valence-electron chi connectivity index (χ4n) is 3.53. The molecule has 0 N–H and O–H groups in total. The van der Waals surface area contributed by atoms with Gasteiger partial charge >= 0.3 is 0 Å². The molecule has 0 bridgehead atoms. The molecule has 5 nitrogen and oxygen atoms in total. The Labute approximate surface area is 149 Å². The quantitative estimate of drug-likeness (QED) is 0.811. The summed E-state index contributed by atoms with van der Waals surface area (Å²) in [7, 11) is 4.17. The monoisotopic (exact) mass is 340 g/mol. The van der Waals surface area contributed by atoms with E-state index in [1.807, 2.05) is 25.2 Å². The van der Waals surface area contributed by atoms with Crippen molar-refractivity contribution in [3.63, 3.8) is 0 Å². The van der Waals surface area contributed by atoms with Gasteiger partial charge in [0.25, 0.3) is 5.56 Å². The molecule has 0 radical (unpaired) electrons. The van der Waals surface area contributed by atoms with E-state index in [2.05, 4.69) is 34.1 Å². The van der Waals surface area contributed by atoms with Crippen LogP contribution < -0.4 is 10.5 Å². The van der Waals surface area contributed by atoms with Gasteiger partial charge in [0.15, 0.2) is 0 Å². The molecule has 1 unspecified atom stereocenters. The van der Waals surface area contributed by atoms with Crippen molar-refractivity contribution in [2.75, 3.05) is 25.5 Å². The van der Waals surface area contributed by atoms with Gasteiger partial charge in [0.1, 0.15) is 0 Å². The van der Waals surface area contributed by atoms with Crippen LogP contribution in [-0.4, -0.2) is 41.4 Å². The predicted octanol–water partition coefficient (Wildman–Crippen LogP) is 2.75. The van der Waals surface area contributed by atoms with Crippen molar-refractivity contribution in [1.29, 1.82) is 0 Å². The second-order valence-corrected chi connectivity index (χ2v) is 7.04. The second kappa shape index (κ2) is 8.30. The lowest BCUT2D eigenvalue weighted by Crippen LogP contribution is -2.37. The van der Waals surface area contributed by atoms with Crippen LogP contribution in [0, 0.1) is 0 Å². The maximum Gasteiger partial charge on any atom is 0.268 e. The first-order chi connectivity index (χ1) is 12.1. The molecule has 134 valence electrons. The first-order valence-electron chi connectivity index (χ1n) is 9.16. The summed E-state index contributed by atoms with van der Waals surface area (Å²) in [5.74, 6) is 0. The number of aryl methyl sites for hydroxylation is 1. The number of piperidine rings is 1. The highest BCUT2D eigenvalue weighted by Gasteiger charge is 2.18. The topological polar surface area (TPSA) is 41.4 Å². The van der Waals surface area contributed by atoms with Crippen LogP contribution in [0.25, 0.3) is 0 Å². The molecule has 0 spiro atoms. The Balaban J connectivity index is 1.61. The molecular weight excluding hydrogens is 312 g/mol. The summed E-state index contributed by atoms with van der Waals surface area (Å²) in [4.78, 5) is 16.9. The van der Waals surface area contributed by atoms with Gasteiger partial charge in [0.2, 0.25) is 0 Å². The summed E-state index contributed by atoms with van der Waals surface area (Å²) in [6.45, 7) is 2.62. The summed E-state index contributed by atoms with van der Waals surface area (Å²) >= 11 is 0. The van der Waals surface area contributed by atoms with Crippen molar-refractivity contribution in [3.8, 4) is 0 Å². The Morgan fingerprint density at radius 2 is 2.04 bits per heavy atom. The third kappa shape index (κ3) is 4.69. The lowest BCUT2D eigenvalue weighted by molar-refractivity contribution is 0.169. The molecule has 5 heteroatoms. The van der Waals surface area contributed by atoms with E-state index in [0.717, 1.165) is 25.2 Å². The summed E-state index contributed by atoms with van der Waals surface area (Å²) in [6, 6.07) is 12.5. The smallest absolute Gasteiger partial charge is 0.268 e. The van der Waals surface area contributed by atoms with E-state index < -0.39 is 0 Å². The number of rotatable bonds is 6. The Kier molecular flexibility index (Phi) is 5.87. The van der Waals surface area contributed by atoms with E-state index in [0.29, 0.717) is 12.6 Å². The minimum atomic E-state index is -0.0177. The Morgan fingerprint density at radius 3 is 2.76 bits per heavy atom. The third-order valence-electron chi connectivity index (χ3n) is 5.15. The van der Waals surface area contributed by atoms with Crippen LogP contribution in [-0.2, 0) is 13.1 Å². The molecule has 1 saturated heterocycles. The van der Waals surface area contributed by atoms with Crippen LogP contribution in [0.2, 0.25) is 0 Å². The van der Waals surface area contributed by atoms with E-state index in [-0.39, 0.29) is 5.56 Å². The standard InChI is InChI=1S/C20H28N4O/c1-22-12-7-6-10-18(22)11-13-24-20(25)14-19(15-21-24)23(2)16-17-8-4-3-5-9-17/h3-5,8-9,14-15,18H,6-7,10-13,16H2,1-2H3. The lowest BCUT2D eigenvalue weighted by Gasteiger charge is -2.32. The molecule has 1 aromatic heterocycles. The fraction of sp³-hybridized carbons (Fsp3) is 0.500. The minimum absolute atomic E-state index is 0.0177. The molecule has 0 aliphatic carbocycles. The van der Waals surface area contributed by atoms with E-state index in [1.54, 1.807) is 16.9 Å². The van der Waals surface area contributed by atoms with Crippen LogP contribution in [0.4, 0.5) is 5.69 Å². The average Bonchev–Trinajstić information content (AvgIpc) is 2.62. The van der Waals surface area contributed by atoms with Crippen molar-refractivity contribution in [3.05, 3.63) is 58.5 Å².